The van der Waals surface area contributed by atoms with E-state index in [0.29, 0.717) is 0 Å². The molecule has 0 unspecified atom stereocenters. The van der Waals surface area contributed by atoms with Crippen molar-refractivity contribution in [1.29, 1.82) is 0 Å². The molecule has 1 N–H and O–H groups in total. The second kappa shape index (κ2) is 7.83. The highest BCUT2D eigenvalue weighted by atomic mass is 32.1. The van der Waals surface area contributed by atoms with E-state index in [0.717, 1.165) is 62.4 Å². The Labute approximate surface area is 167 Å². The van der Waals surface area contributed by atoms with Crippen LogP contribution in [0.5, 0.6) is 0 Å². The van der Waals surface area contributed by atoms with E-state index in [1.54, 1.807) is 22.7 Å². The number of piperidine rings is 1. The van der Waals surface area contributed by atoms with Crippen LogP contribution in [-0.2, 0) is 11.3 Å². The molecule has 5 rings (SSSR count). The molecule has 0 spiro atoms. The summed E-state index contributed by atoms with van der Waals surface area (Å²) in [6.07, 6.45) is 3.85. The van der Waals surface area contributed by atoms with Crippen molar-refractivity contribution in [3.63, 3.8) is 0 Å². The molecular formula is C20H25N4OS2+. The molecule has 0 bridgehead atoms. The highest BCUT2D eigenvalue weighted by Gasteiger charge is 2.23. The second-order valence-corrected chi connectivity index (χ2v) is 9.16. The SMILES string of the molecule is c1csc(-c2csc3nc(C[NH+]4CCOCC4)nc(N4CCCCC4)c23)c1. The number of nitrogens with one attached hydrogen (secondary N) is 1. The lowest BCUT2D eigenvalue weighted by Gasteiger charge is -2.29. The number of rotatable bonds is 4. The first-order chi connectivity index (χ1) is 13.4. The summed E-state index contributed by atoms with van der Waals surface area (Å²) < 4.78 is 5.50. The van der Waals surface area contributed by atoms with Gasteiger partial charge in [-0.2, -0.15) is 0 Å². The minimum absolute atomic E-state index is 0.845. The Bertz CT molecular complexity index is 896. The summed E-state index contributed by atoms with van der Waals surface area (Å²) in [5, 5.41) is 5.67. The Balaban J connectivity index is 1.57. The fraction of sp³-hybridized carbons (Fsp3) is 0.500. The summed E-state index contributed by atoms with van der Waals surface area (Å²) in [4.78, 5) is 16.6. The summed E-state index contributed by atoms with van der Waals surface area (Å²) in [5.74, 6) is 2.14. The standard InChI is InChI=1S/C20H24N4OS2/c1-2-6-24(7-3-1)19-18-15(16-5-4-12-26-16)14-27-20(18)22-17(21-19)13-23-8-10-25-11-9-23/h4-5,12,14H,1-3,6-11,13H2/p+1. The quantitative estimate of drug-likeness (QED) is 0.730. The Kier molecular flexibility index (Phi) is 5.09. The van der Waals surface area contributed by atoms with Crippen LogP contribution >= 0.6 is 22.7 Å². The maximum atomic E-state index is 5.50. The van der Waals surface area contributed by atoms with Gasteiger partial charge in [0.05, 0.1) is 18.6 Å². The smallest absolute Gasteiger partial charge is 0.187 e. The topological polar surface area (TPSA) is 42.7 Å². The molecule has 142 valence electrons. The van der Waals surface area contributed by atoms with Gasteiger partial charge in [-0.1, -0.05) is 6.07 Å². The highest BCUT2D eigenvalue weighted by molar-refractivity contribution is 7.18. The number of thiophene rings is 2. The minimum Gasteiger partial charge on any atom is -0.370 e. The number of morpholine rings is 1. The molecule has 5 heterocycles. The number of aromatic nitrogens is 2. The van der Waals surface area contributed by atoms with E-state index in [4.69, 9.17) is 14.7 Å². The minimum atomic E-state index is 0.845. The third kappa shape index (κ3) is 3.61. The van der Waals surface area contributed by atoms with E-state index in [1.165, 1.54) is 40.0 Å². The Morgan fingerprint density at radius 3 is 2.70 bits per heavy atom. The molecule has 3 aromatic rings. The number of anilines is 1. The van der Waals surface area contributed by atoms with Crippen LogP contribution in [0.1, 0.15) is 25.1 Å². The van der Waals surface area contributed by atoms with Crippen LogP contribution in [0.3, 0.4) is 0 Å². The number of fused-ring (bicyclic) bond motifs is 1. The second-order valence-electron chi connectivity index (χ2n) is 7.36. The van der Waals surface area contributed by atoms with E-state index in [1.807, 2.05) is 0 Å². The van der Waals surface area contributed by atoms with Crippen molar-refractivity contribution in [3.8, 4) is 10.4 Å². The van der Waals surface area contributed by atoms with Gasteiger partial charge in [0.15, 0.2) is 5.82 Å². The first-order valence-electron chi connectivity index (χ1n) is 9.87. The Hall–Kier alpha value is -1.54. The van der Waals surface area contributed by atoms with Gasteiger partial charge in [-0.15, -0.1) is 22.7 Å². The van der Waals surface area contributed by atoms with Crippen LogP contribution in [0.25, 0.3) is 20.7 Å². The molecule has 2 aliphatic heterocycles. The van der Waals surface area contributed by atoms with Crippen LogP contribution in [-0.4, -0.2) is 49.4 Å². The average Bonchev–Trinajstić information content (AvgIpc) is 3.38. The zero-order valence-corrected chi connectivity index (χ0v) is 17.1. The lowest BCUT2D eigenvalue weighted by Crippen LogP contribution is -3.12. The molecule has 0 radical (unpaired) electrons. The molecule has 2 fully saturated rings. The molecule has 2 aliphatic rings. The van der Waals surface area contributed by atoms with Gasteiger partial charge in [-0.25, -0.2) is 9.97 Å². The van der Waals surface area contributed by atoms with Crippen LogP contribution in [0.2, 0.25) is 0 Å². The number of hydrogen-bond acceptors (Lipinski definition) is 6. The van der Waals surface area contributed by atoms with Gasteiger partial charge in [-0.3, -0.25) is 0 Å². The molecule has 0 aromatic carbocycles. The van der Waals surface area contributed by atoms with Crippen LogP contribution in [0.15, 0.2) is 22.9 Å². The third-order valence-corrected chi connectivity index (χ3v) is 7.29. The molecule has 3 aromatic heterocycles. The molecule has 2 saturated heterocycles. The maximum Gasteiger partial charge on any atom is 0.187 e. The largest absolute Gasteiger partial charge is 0.370 e. The van der Waals surface area contributed by atoms with Crippen molar-refractivity contribution >= 4 is 38.7 Å². The monoisotopic (exact) mass is 401 g/mol. The van der Waals surface area contributed by atoms with Crippen molar-refractivity contribution < 1.29 is 9.64 Å². The summed E-state index contributed by atoms with van der Waals surface area (Å²) in [5.41, 5.74) is 1.30. The number of nitrogens with zero attached hydrogens (tertiary/aromatic N) is 3. The molecule has 7 heteroatoms. The lowest BCUT2D eigenvalue weighted by molar-refractivity contribution is -0.922. The van der Waals surface area contributed by atoms with Gasteiger partial charge in [0.2, 0.25) is 0 Å². The van der Waals surface area contributed by atoms with E-state index in [9.17, 15) is 0 Å². The molecule has 0 aliphatic carbocycles. The highest BCUT2D eigenvalue weighted by Crippen LogP contribution is 2.40. The van der Waals surface area contributed by atoms with E-state index >= 15 is 0 Å². The zero-order valence-electron chi connectivity index (χ0n) is 15.4. The summed E-state index contributed by atoms with van der Waals surface area (Å²) in [6.45, 7) is 6.89. The normalized spacial score (nSPS) is 19.0. The lowest BCUT2D eigenvalue weighted by atomic mass is 10.1. The van der Waals surface area contributed by atoms with Crippen molar-refractivity contribution in [2.75, 3.05) is 44.3 Å². The maximum absolute atomic E-state index is 5.50. The van der Waals surface area contributed by atoms with Gasteiger partial charge >= 0.3 is 0 Å². The average molecular weight is 402 g/mol. The van der Waals surface area contributed by atoms with Crippen molar-refractivity contribution in [3.05, 3.63) is 28.7 Å². The first kappa shape index (κ1) is 17.6. The first-order valence-corrected chi connectivity index (χ1v) is 11.6. The molecular weight excluding hydrogens is 376 g/mol. The van der Waals surface area contributed by atoms with Crippen molar-refractivity contribution in [2.45, 2.75) is 25.8 Å². The van der Waals surface area contributed by atoms with E-state index < -0.39 is 0 Å². The fourth-order valence-corrected chi connectivity index (χ4v) is 5.83. The molecule has 5 nitrogen and oxygen atoms in total. The molecule has 0 saturated carbocycles. The summed E-state index contributed by atoms with van der Waals surface area (Å²) in [6, 6.07) is 4.33. The number of quaternary nitrogens is 1. The zero-order chi connectivity index (χ0) is 18.1. The van der Waals surface area contributed by atoms with Gasteiger partial charge in [0.1, 0.15) is 30.3 Å². The Morgan fingerprint density at radius 1 is 1.07 bits per heavy atom. The summed E-state index contributed by atoms with van der Waals surface area (Å²) >= 11 is 3.56. The van der Waals surface area contributed by atoms with Crippen molar-refractivity contribution in [1.82, 2.24) is 9.97 Å². The van der Waals surface area contributed by atoms with Crippen LogP contribution in [0, 0.1) is 0 Å². The van der Waals surface area contributed by atoms with Gasteiger partial charge in [-0.05, 0) is 30.7 Å². The summed E-state index contributed by atoms with van der Waals surface area (Å²) in [7, 11) is 0. The van der Waals surface area contributed by atoms with Gasteiger partial charge in [0.25, 0.3) is 0 Å². The third-order valence-electron chi connectivity index (χ3n) is 5.51. The van der Waals surface area contributed by atoms with Gasteiger partial charge < -0.3 is 14.5 Å². The molecule has 27 heavy (non-hydrogen) atoms. The number of ether oxygens (including phenoxy) is 1. The van der Waals surface area contributed by atoms with Crippen LogP contribution in [0.4, 0.5) is 5.82 Å². The predicted octanol–water partition coefficient (Wildman–Crippen LogP) is 2.83. The van der Waals surface area contributed by atoms with E-state index in [2.05, 4.69) is 27.8 Å². The molecule has 0 atom stereocenters. The molecule has 0 amide bonds. The van der Waals surface area contributed by atoms with Crippen molar-refractivity contribution in [2.24, 2.45) is 0 Å². The van der Waals surface area contributed by atoms with Crippen LogP contribution < -0.4 is 9.80 Å². The Morgan fingerprint density at radius 2 is 1.93 bits per heavy atom. The van der Waals surface area contributed by atoms with Gasteiger partial charge in [0, 0.05) is 28.9 Å². The van der Waals surface area contributed by atoms with E-state index in [-0.39, 0.29) is 0 Å². The predicted molar refractivity (Wildman–Crippen MR) is 112 cm³/mol. The number of hydrogen-bond donors (Lipinski definition) is 1. The fourth-order valence-electron chi connectivity index (χ4n) is 4.05.